The molecule has 92 valence electrons. The molecule has 1 aliphatic rings. The summed E-state index contributed by atoms with van der Waals surface area (Å²) in [6.07, 6.45) is 4.50. The van der Waals surface area contributed by atoms with Crippen LogP contribution in [0.3, 0.4) is 0 Å². The Bertz CT molecular complexity index is 442. The van der Waals surface area contributed by atoms with Gasteiger partial charge in [0, 0.05) is 12.7 Å². The van der Waals surface area contributed by atoms with Gasteiger partial charge in [0.05, 0.1) is 11.9 Å². The summed E-state index contributed by atoms with van der Waals surface area (Å²) in [5.41, 5.74) is 11.3. The van der Waals surface area contributed by atoms with Crippen molar-refractivity contribution in [1.29, 1.82) is 0 Å². The number of hydrogen-bond acceptors (Lipinski definition) is 4. The van der Waals surface area contributed by atoms with Crippen molar-refractivity contribution < 1.29 is 9.59 Å². The molecule has 0 aromatic carbocycles. The number of carbonyl (C=O) groups is 2. The molecule has 1 unspecified atom stereocenters. The van der Waals surface area contributed by atoms with Gasteiger partial charge in [-0.1, -0.05) is 0 Å². The molecule has 0 radical (unpaired) electrons. The average Bonchev–Trinajstić information content (AvgIpc) is 2.86. The molecule has 0 bridgehead atoms. The van der Waals surface area contributed by atoms with Crippen LogP contribution in [0.2, 0.25) is 0 Å². The number of aromatic nitrogens is 2. The number of nitrogens with two attached hydrogens (primary N) is 2. The highest BCUT2D eigenvalue weighted by atomic mass is 16.2. The molecule has 17 heavy (non-hydrogen) atoms. The summed E-state index contributed by atoms with van der Waals surface area (Å²) in [6, 6.07) is -0.476. The van der Waals surface area contributed by atoms with Crippen molar-refractivity contribution >= 4 is 17.5 Å². The Kier molecular flexibility index (Phi) is 2.99. The molecule has 7 nitrogen and oxygen atoms in total. The zero-order valence-corrected chi connectivity index (χ0v) is 9.37. The zero-order chi connectivity index (χ0) is 12.4. The molecule has 4 N–H and O–H groups in total. The molecule has 2 heterocycles. The molecule has 2 rings (SSSR count). The highest BCUT2D eigenvalue weighted by Gasteiger charge is 2.32. The minimum Gasteiger partial charge on any atom is -0.396 e. The van der Waals surface area contributed by atoms with Crippen LogP contribution >= 0.6 is 0 Å². The van der Waals surface area contributed by atoms with Crippen molar-refractivity contribution in [2.45, 2.75) is 25.4 Å². The summed E-state index contributed by atoms with van der Waals surface area (Å²) in [4.78, 5) is 24.6. The largest absolute Gasteiger partial charge is 0.396 e. The predicted molar refractivity (Wildman–Crippen MR) is 60.6 cm³/mol. The minimum atomic E-state index is -0.476. The quantitative estimate of drug-likeness (QED) is 0.698. The molecule has 1 saturated heterocycles. The normalized spacial score (nSPS) is 19.5. The van der Waals surface area contributed by atoms with Crippen LogP contribution < -0.4 is 11.5 Å². The second-order valence-electron chi connectivity index (χ2n) is 4.12. The number of nitrogens with zero attached hydrogens (tertiary/aromatic N) is 3. The lowest BCUT2D eigenvalue weighted by atomic mass is 10.2. The molecule has 1 fully saturated rings. The van der Waals surface area contributed by atoms with Crippen molar-refractivity contribution in [2.24, 2.45) is 5.73 Å². The van der Waals surface area contributed by atoms with E-state index in [-0.39, 0.29) is 12.5 Å². The molecule has 1 aromatic rings. The first kappa shape index (κ1) is 11.4. The van der Waals surface area contributed by atoms with E-state index in [1.54, 1.807) is 6.20 Å². The number of anilines is 1. The van der Waals surface area contributed by atoms with Gasteiger partial charge in [0.15, 0.2) is 0 Å². The van der Waals surface area contributed by atoms with Gasteiger partial charge in [0.25, 0.3) is 0 Å². The van der Waals surface area contributed by atoms with Crippen molar-refractivity contribution in [1.82, 2.24) is 14.7 Å². The van der Waals surface area contributed by atoms with Crippen LogP contribution in [0, 0.1) is 0 Å². The molecule has 0 spiro atoms. The van der Waals surface area contributed by atoms with Gasteiger partial charge >= 0.3 is 0 Å². The maximum absolute atomic E-state index is 12.0. The van der Waals surface area contributed by atoms with Gasteiger partial charge in [-0.3, -0.25) is 14.3 Å². The molecule has 2 amide bonds. The highest BCUT2D eigenvalue weighted by molar-refractivity contribution is 5.87. The van der Waals surface area contributed by atoms with Crippen LogP contribution in [-0.2, 0) is 16.1 Å². The molecule has 1 aromatic heterocycles. The van der Waals surface area contributed by atoms with Crippen LogP contribution in [0.15, 0.2) is 12.4 Å². The highest BCUT2D eigenvalue weighted by Crippen LogP contribution is 2.17. The topological polar surface area (TPSA) is 107 Å². The van der Waals surface area contributed by atoms with E-state index in [0.717, 1.165) is 6.42 Å². The summed E-state index contributed by atoms with van der Waals surface area (Å²) in [5, 5.41) is 3.93. The van der Waals surface area contributed by atoms with Gasteiger partial charge in [0.1, 0.15) is 12.6 Å². The molecule has 1 aliphatic heterocycles. The second-order valence-corrected chi connectivity index (χ2v) is 4.12. The maximum Gasteiger partial charge on any atom is 0.244 e. The lowest BCUT2D eigenvalue weighted by Gasteiger charge is -2.21. The first-order chi connectivity index (χ1) is 8.08. The number of hydrogen-bond donors (Lipinski definition) is 2. The van der Waals surface area contributed by atoms with E-state index in [1.165, 1.54) is 15.8 Å². The maximum atomic E-state index is 12.0. The van der Waals surface area contributed by atoms with Crippen molar-refractivity contribution in [3.63, 3.8) is 0 Å². The Morgan fingerprint density at radius 2 is 2.29 bits per heavy atom. The van der Waals surface area contributed by atoms with Gasteiger partial charge in [0.2, 0.25) is 11.8 Å². The van der Waals surface area contributed by atoms with Crippen LogP contribution in [0.5, 0.6) is 0 Å². The van der Waals surface area contributed by atoms with Crippen LogP contribution in [0.1, 0.15) is 12.8 Å². The lowest BCUT2D eigenvalue weighted by Crippen LogP contribution is -2.45. The summed E-state index contributed by atoms with van der Waals surface area (Å²) >= 11 is 0. The summed E-state index contributed by atoms with van der Waals surface area (Å²) in [7, 11) is 0. The smallest absolute Gasteiger partial charge is 0.244 e. The Morgan fingerprint density at radius 1 is 1.53 bits per heavy atom. The Balaban J connectivity index is 2.02. The SMILES string of the molecule is NC(=O)C1CCCN1C(=O)Cn1cc(N)cn1. The third kappa shape index (κ3) is 2.38. The second kappa shape index (κ2) is 4.44. The first-order valence-corrected chi connectivity index (χ1v) is 5.44. The van der Waals surface area contributed by atoms with E-state index in [9.17, 15) is 9.59 Å². The van der Waals surface area contributed by atoms with E-state index in [2.05, 4.69) is 5.10 Å². The van der Waals surface area contributed by atoms with Gasteiger partial charge in [-0.05, 0) is 12.8 Å². The molecule has 7 heteroatoms. The number of nitrogen functional groups attached to an aromatic ring is 1. The van der Waals surface area contributed by atoms with Crippen LogP contribution in [0.25, 0.3) is 0 Å². The van der Waals surface area contributed by atoms with Crippen molar-refractivity contribution in [3.05, 3.63) is 12.4 Å². The average molecular weight is 237 g/mol. The number of rotatable bonds is 3. The fourth-order valence-corrected chi connectivity index (χ4v) is 2.06. The fourth-order valence-electron chi connectivity index (χ4n) is 2.06. The molecule has 1 atom stereocenters. The van der Waals surface area contributed by atoms with Gasteiger partial charge in [-0.2, -0.15) is 5.10 Å². The molecular formula is C10H15N5O2. The standard InChI is InChI=1S/C10H15N5O2/c11-7-4-13-14(5-7)6-9(16)15-3-1-2-8(15)10(12)17/h4-5,8H,1-3,6,11H2,(H2,12,17). The monoisotopic (exact) mass is 237 g/mol. The third-order valence-electron chi connectivity index (χ3n) is 2.85. The van der Waals surface area contributed by atoms with E-state index in [1.807, 2.05) is 0 Å². The summed E-state index contributed by atoms with van der Waals surface area (Å²) in [5.74, 6) is -0.606. The Labute approximate surface area is 98.4 Å². The van der Waals surface area contributed by atoms with E-state index < -0.39 is 11.9 Å². The van der Waals surface area contributed by atoms with E-state index >= 15 is 0 Å². The predicted octanol–water partition coefficient (Wildman–Crippen LogP) is -1.06. The number of carbonyl (C=O) groups excluding carboxylic acids is 2. The number of primary amides is 1. The lowest BCUT2D eigenvalue weighted by molar-refractivity contribution is -0.137. The van der Waals surface area contributed by atoms with Crippen molar-refractivity contribution in [2.75, 3.05) is 12.3 Å². The summed E-state index contributed by atoms with van der Waals surface area (Å²) < 4.78 is 1.45. The zero-order valence-electron chi connectivity index (χ0n) is 9.37. The first-order valence-electron chi connectivity index (χ1n) is 5.44. The van der Waals surface area contributed by atoms with E-state index in [4.69, 9.17) is 11.5 Å². The molecular weight excluding hydrogens is 222 g/mol. The van der Waals surface area contributed by atoms with Crippen molar-refractivity contribution in [3.8, 4) is 0 Å². The van der Waals surface area contributed by atoms with Crippen LogP contribution in [-0.4, -0.2) is 39.1 Å². The molecule has 0 aliphatic carbocycles. The van der Waals surface area contributed by atoms with Gasteiger partial charge < -0.3 is 16.4 Å². The number of amides is 2. The third-order valence-corrected chi connectivity index (χ3v) is 2.85. The Hall–Kier alpha value is -2.05. The number of likely N-dealkylation sites (tertiary alicyclic amines) is 1. The molecule has 0 saturated carbocycles. The van der Waals surface area contributed by atoms with Gasteiger partial charge in [-0.25, -0.2) is 0 Å². The van der Waals surface area contributed by atoms with E-state index in [0.29, 0.717) is 18.7 Å². The minimum absolute atomic E-state index is 0.0843. The van der Waals surface area contributed by atoms with Crippen LogP contribution in [0.4, 0.5) is 5.69 Å². The Morgan fingerprint density at radius 3 is 2.88 bits per heavy atom. The fraction of sp³-hybridized carbons (Fsp3) is 0.500. The summed E-state index contributed by atoms with van der Waals surface area (Å²) in [6.45, 7) is 0.657. The van der Waals surface area contributed by atoms with Gasteiger partial charge in [-0.15, -0.1) is 0 Å².